The first-order valence-corrected chi connectivity index (χ1v) is 11.3. The second-order valence-electron chi connectivity index (χ2n) is 7.02. The first-order valence-electron chi connectivity index (χ1n) is 9.82. The van der Waals surface area contributed by atoms with Crippen molar-refractivity contribution in [2.45, 2.75) is 30.8 Å². The van der Waals surface area contributed by atoms with Crippen LogP contribution in [0, 0.1) is 0 Å². The third-order valence-corrected chi connectivity index (χ3v) is 6.93. The van der Waals surface area contributed by atoms with Gasteiger partial charge in [-0.15, -0.1) is 0 Å². The minimum Gasteiger partial charge on any atom is -0.494 e. The molecule has 2 aliphatic rings. The molecule has 2 saturated heterocycles. The largest absolute Gasteiger partial charge is 0.494 e. The Bertz CT molecular complexity index is 739. The first kappa shape index (κ1) is 21.0. The van der Waals surface area contributed by atoms with Gasteiger partial charge in [-0.25, -0.2) is 8.42 Å². The van der Waals surface area contributed by atoms with E-state index in [1.54, 1.807) is 24.3 Å². The number of carbonyl (C=O) groups excluding carboxylic acids is 1. The molecule has 156 valence electrons. The van der Waals surface area contributed by atoms with E-state index in [0.717, 1.165) is 19.4 Å². The smallest absolute Gasteiger partial charge is 0.243 e. The van der Waals surface area contributed by atoms with Crippen LogP contribution >= 0.6 is 0 Å². The van der Waals surface area contributed by atoms with E-state index in [1.165, 1.54) is 4.31 Å². The highest BCUT2D eigenvalue weighted by atomic mass is 32.2. The molecular formula is C19H29N3O5S. The van der Waals surface area contributed by atoms with Crippen molar-refractivity contribution < 1.29 is 22.7 Å². The molecule has 2 fully saturated rings. The molecule has 1 aromatic rings. The van der Waals surface area contributed by atoms with Crippen LogP contribution in [0.25, 0.3) is 0 Å². The van der Waals surface area contributed by atoms with Crippen molar-refractivity contribution in [3.05, 3.63) is 24.3 Å². The van der Waals surface area contributed by atoms with Crippen molar-refractivity contribution in [3.8, 4) is 5.75 Å². The summed E-state index contributed by atoms with van der Waals surface area (Å²) in [5.41, 5.74) is 0. The van der Waals surface area contributed by atoms with Gasteiger partial charge in [-0.2, -0.15) is 4.31 Å². The molecular weight excluding hydrogens is 382 g/mol. The van der Waals surface area contributed by atoms with Crippen LogP contribution in [0.1, 0.15) is 19.8 Å². The molecule has 0 bridgehead atoms. The van der Waals surface area contributed by atoms with Crippen molar-refractivity contribution in [3.63, 3.8) is 0 Å². The van der Waals surface area contributed by atoms with E-state index in [1.807, 2.05) is 11.8 Å². The van der Waals surface area contributed by atoms with Gasteiger partial charge in [0.15, 0.2) is 0 Å². The lowest BCUT2D eigenvalue weighted by Gasteiger charge is -2.33. The SMILES string of the molecule is CCOc1ccc(S(=O)(=O)N2CCN(CC(=O)NC[C@@H]3CCCO3)CC2)cc1. The third kappa shape index (κ3) is 5.44. The second-order valence-corrected chi connectivity index (χ2v) is 8.96. The third-order valence-electron chi connectivity index (χ3n) is 5.02. The van der Waals surface area contributed by atoms with Crippen LogP contribution in [0.4, 0.5) is 0 Å². The van der Waals surface area contributed by atoms with Gasteiger partial charge in [-0.1, -0.05) is 0 Å². The maximum atomic E-state index is 12.8. The molecule has 0 aliphatic carbocycles. The molecule has 0 radical (unpaired) electrons. The number of amides is 1. The molecule has 2 aliphatic heterocycles. The summed E-state index contributed by atoms with van der Waals surface area (Å²) < 4.78 is 38.0. The Kier molecular flexibility index (Phi) is 7.28. The molecule has 0 unspecified atom stereocenters. The van der Waals surface area contributed by atoms with Crippen LogP contribution in [0.15, 0.2) is 29.2 Å². The fourth-order valence-corrected chi connectivity index (χ4v) is 4.87. The highest BCUT2D eigenvalue weighted by Gasteiger charge is 2.29. The van der Waals surface area contributed by atoms with Gasteiger partial charge >= 0.3 is 0 Å². The van der Waals surface area contributed by atoms with Crippen molar-refractivity contribution in [2.24, 2.45) is 0 Å². The summed E-state index contributed by atoms with van der Waals surface area (Å²) >= 11 is 0. The molecule has 3 rings (SSSR count). The molecule has 1 aromatic carbocycles. The van der Waals surface area contributed by atoms with Gasteiger partial charge in [-0.05, 0) is 44.0 Å². The Labute approximate surface area is 166 Å². The normalized spacial score (nSPS) is 21.5. The fourth-order valence-electron chi connectivity index (χ4n) is 3.44. The molecule has 9 heteroatoms. The Hall–Kier alpha value is -1.68. The number of rotatable bonds is 8. The number of nitrogens with one attached hydrogen (secondary N) is 1. The van der Waals surface area contributed by atoms with Gasteiger partial charge in [0.05, 0.1) is 24.2 Å². The molecule has 1 atom stereocenters. The molecule has 2 heterocycles. The molecule has 1 N–H and O–H groups in total. The quantitative estimate of drug-likeness (QED) is 0.677. The van der Waals surface area contributed by atoms with Crippen LogP contribution in [0.2, 0.25) is 0 Å². The number of hydrogen-bond donors (Lipinski definition) is 1. The molecule has 1 amide bonds. The Morgan fingerprint density at radius 3 is 2.54 bits per heavy atom. The Morgan fingerprint density at radius 1 is 1.21 bits per heavy atom. The number of nitrogens with zero attached hydrogens (tertiary/aromatic N) is 2. The van der Waals surface area contributed by atoms with Gasteiger partial charge in [0.1, 0.15) is 5.75 Å². The molecule has 28 heavy (non-hydrogen) atoms. The number of sulfonamides is 1. The predicted molar refractivity (Wildman–Crippen MR) is 105 cm³/mol. The summed E-state index contributed by atoms with van der Waals surface area (Å²) in [7, 11) is -3.53. The second kappa shape index (κ2) is 9.69. The van der Waals surface area contributed by atoms with E-state index in [9.17, 15) is 13.2 Å². The van der Waals surface area contributed by atoms with Gasteiger partial charge < -0.3 is 14.8 Å². The lowest BCUT2D eigenvalue weighted by atomic mass is 10.2. The monoisotopic (exact) mass is 411 g/mol. The van der Waals surface area contributed by atoms with Crippen molar-refractivity contribution >= 4 is 15.9 Å². The summed E-state index contributed by atoms with van der Waals surface area (Å²) in [6.07, 6.45) is 2.16. The fraction of sp³-hybridized carbons (Fsp3) is 0.632. The van der Waals surface area contributed by atoms with Crippen molar-refractivity contribution in [1.29, 1.82) is 0 Å². The average Bonchev–Trinajstić information content (AvgIpc) is 3.21. The molecule has 0 spiro atoms. The maximum Gasteiger partial charge on any atom is 0.243 e. The molecule has 0 aromatic heterocycles. The summed E-state index contributed by atoms with van der Waals surface area (Å²) in [6, 6.07) is 6.49. The van der Waals surface area contributed by atoms with Crippen LogP contribution < -0.4 is 10.1 Å². The highest BCUT2D eigenvalue weighted by molar-refractivity contribution is 7.89. The summed E-state index contributed by atoms with van der Waals surface area (Å²) in [6.45, 7) is 5.82. The number of piperazine rings is 1. The van der Waals surface area contributed by atoms with E-state index in [4.69, 9.17) is 9.47 Å². The van der Waals surface area contributed by atoms with Crippen LogP contribution in [-0.4, -0.2) is 82.1 Å². The topological polar surface area (TPSA) is 88.2 Å². The Morgan fingerprint density at radius 2 is 1.93 bits per heavy atom. The minimum atomic E-state index is -3.53. The van der Waals surface area contributed by atoms with Crippen LogP contribution in [0.3, 0.4) is 0 Å². The maximum absolute atomic E-state index is 12.8. The minimum absolute atomic E-state index is 0.0432. The zero-order valence-electron chi connectivity index (χ0n) is 16.3. The molecule has 8 nitrogen and oxygen atoms in total. The van der Waals surface area contributed by atoms with E-state index in [0.29, 0.717) is 45.1 Å². The summed E-state index contributed by atoms with van der Waals surface area (Å²) in [4.78, 5) is 14.3. The average molecular weight is 412 g/mol. The number of hydrogen-bond acceptors (Lipinski definition) is 6. The van der Waals surface area contributed by atoms with E-state index in [-0.39, 0.29) is 23.5 Å². The van der Waals surface area contributed by atoms with E-state index >= 15 is 0 Å². The zero-order valence-corrected chi connectivity index (χ0v) is 17.1. The predicted octanol–water partition coefficient (Wildman–Crippen LogP) is 0.687. The van der Waals surface area contributed by atoms with Crippen molar-refractivity contribution in [2.75, 3.05) is 52.5 Å². The lowest BCUT2D eigenvalue weighted by Crippen LogP contribution is -2.51. The zero-order chi connectivity index (χ0) is 20.0. The number of benzene rings is 1. The van der Waals surface area contributed by atoms with E-state index in [2.05, 4.69) is 5.32 Å². The Balaban J connectivity index is 1.46. The van der Waals surface area contributed by atoms with Gasteiger partial charge in [0.2, 0.25) is 15.9 Å². The van der Waals surface area contributed by atoms with Crippen LogP contribution in [-0.2, 0) is 19.6 Å². The van der Waals surface area contributed by atoms with Gasteiger partial charge in [0, 0.05) is 39.3 Å². The van der Waals surface area contributed by atoms with Crippen LogP contribution in [0.5, 0.6) is 5.75 Å². The number of carbonyl (C=O) groups is 1. The number of ether oxygens (including phenoxy) is 2. The highest BCUT2D eigenvalue weighted by Crippen LogP contribution is 2.21. The molecule has 0 saturated carbocycles. The van der Waals surface area contributed by atoms with Crippen molar-refractivity contribution in [1.82, 2.24) is 14.5 Å². The summed E-state index contributed by atoms with van der Waals surface area (Å²) in [5, 5.41) is 2.91. The van der Waals surface area contributed by atoms with Gasteiger partial charge in [0.25, 0.3) is 0 Å². The van der Waals surface area contributed by atoms with E-state index < -0.39 is 10.0 Å². The first-order chi connectivity index (χ1) is 13.5. The van der Waals surface area contributed by atoms with Gasteiger partial charge in [-0.3, -0.25) is 9.69 Å². The standard InChI is InChI=1S/C19H29N3O5S/c1-2-26-16-5-7-18(8-6-16)28(24,25)22-11-9-21(10-12-22)15-19(23)20-14-17-4-3-13-27-17/h5-8,17H,2-4,9-15H2,1H3,(H,20,23)/t17-/m0/s1. The summed E-state index contributed by atoms with van der Waals surface area (Å²) in [5.74, 6) is 0.610. The lowest BCUT2D eigenvalue weighted by molar-refractivity contribution is -0.123.